The van der Waals surface area contributed by atoms with Crippen LogP contribution in [0.25, 0.3) is 0 Å². The highest BCUT2D eigenvalue weighted by Crippen LogP contribution is 2.44. The Morgan fingerprint density at radius 1 is 1.36 bits per heavy atom. The van der Waals surface area contributed by atoms with Crippen LogP contribution in [0, 0.1) is 5.82 Å². The van der Waals surface area contributed by atoms with Gasteiger partial charge in [0.2, 0.25) is 0 Å². The van der Waals surface area contributed by atoms with Crippen LogP contribution in [0.15, 0.2) is 24.3 Å². The molecular weight excluding hydrogens is 289 g/mol. The number of hydrogen-bond donors (Lipinski definition) is 2. The van der Waals surface area contributed by atoms with E-state index in [9.17, 15) is 19.4 Å². The third-order valence-corrected chi connectivity index (χ3v) is 4.81. The molecule has 0 aromatic heterocycles. The Kier molecular flexibility index (Phi) is 4.06. The van der Waals surface area contributed by atoms with Crippen LogP contribution in [0.5, 0.6) is 0 Å². The Balaban J connectivity index is 1.93. The molecule has 0 radical (unpaired) electrons. The molecule has 120 valence electrons. The molecule has 0 saturated carbocycles. The minimum atomic E-state index is -0.960. The number of aliphatic hydroxyl groups excluding tert-OH is 1. The van der Waals surface area contributed by atoms with Crippen LogP contribution in [-0.4, -0.2) is 52.6 Å². The van der Waals surface area contributed by atoms with Gasteiger partial charge in [0.05, 0.1) is 11.7 Å². The van der Waals surface area contributed by atoms with Gasteiger partial charge in [-0.05, 0) is 30.5 Å². The number of carbonyl (C=O) groups is 1. The van der Waals surface area contributed by atoms with Crippen LogP contribution in [0.4, 0.5) is 9.18 Å². The first-order chi connectivity index (χ1) is 10.5. The minimum Gasteiger partial charge on any atom is -0.465 e. The lowest BCUT2D eigenvalue weighted by molar-refractivity contribution is -0.152. The topological polar surface area (TPSA) is 70.0 Å². The summed E-state index contributed by atoms with van der Waals surface area (Å²) in [5.41, 5.74) is 0.281. The normalized spacial score (nSPS) is 32.2. The van der Waals surface area contributed by atoms with Crippen molar-refractivity contribution in [2.24, 2.45) is 0 Å². The van der Waals surface area contributed by atoms with E-state index in [1.54, 1.807) is 12.1 Å². The molecule has 6 heteroatoms. The fraction of sp³-hybridized carbons (Fsp3) is 0.562. The monoisotopic (exact) mass is 309 g/mol. The first kappa shape index (κ1) is 15.2. The smallest absolute Gasteiger partial charge is 0.407 e. The molecular formula is C16H20FNO4. The SMILES string of the molecule is O=C(O)N1CCC2(CC(O)CCO2)C(c2ccc(F)cc2)C1. The number of amides is 1. The second-order valence-electron chi connectivity index (χ2n) is 6.14. The molecule has 1 amide bonds. The number of benzene rings is 1. The van der Waals surface area contributed by atoms with Crippen molar-refractivity contribution in [1.29, 1.82) is 0 Å². The molecule has 3 unspecified atom stereocenters. The summed E-state index contributed by atoms with van der Waals surface area (Å²) in [6.07, 6.45) is 0.230. The van der Waals surface area contributed by atoms with Gasteiger partial charge in [0.15, 0.2) is 0 Å². The van der Waals surface area contributed by atoms with Gasteiger partial charge in [0.25, 0.3) is 0 Å². The van der Waals surface area contributed by atoms with Crippen LogP contribution >= 0.6 is 0 Å². The molecule has 1 aromatic rings. The molecule has 2 aliphatic heterocycles. The fourth-order valence-corrected chi connectivity index (χ4v) is 3.63. The van der Waals surface area contributed by atoms with E-state index in [-0.39, 0.29) is 11.7 Å². The quantitative estimate of drug-likeness (QED) is 0.834. The van der Waals surface area contributed by atoms with Gasteiger partial charge in [-0.1, -0.05) is 12.1 Å². The molecule has 2 N–H and O–H groups in total. The van der Waals surface area contributed by atoms with Crippen molar-refractivity contribution in [2.45, 2.75) is 36.9 Å². The summed E-state index contributed by atoms with van der Waals surface area (Å²) in [5, 5.41) is 19.3. The Labute approximate surface area is 128 Å². The number of hydrogen-bond acceptors (Lipinski definition) is 3. The Morgan fingerprint density at radius 3 is 2.73 bits per heavy atom. The van der Waals surface area contributed by atoms with Crippen molar-refractivity contribution in [3.05, 3.63) is 35.6 Å². The van der Waals surface area contributed by atoms with Gasteiger partial charge in [0.1, 0.15) is 5.82 Å². The maximum Gasteiger partial charge on any atom is 0.407 e. The first-order valence-corrected chi connectivity index (χ1v) is 7.55. The highest BCUT2D eigenvalue weighted by Gasteiger charge is 2.48. The predicted octanol–water partition coefficient (Wildman–Crippen LogP) is 2.20. The molecule has 3 rings (SSSR count). The van der Waals surface area contributed by atoms with E-state index in [2.05, 4.69) is 0 Å². The van der Waals surface area contributed by atoms with Crippen LogP contribution in [0.3, 0.4) is 0 Å². The van der Waals surface area contributed by atoms with Crippen LogP contribution in [0.1, 0.15) is 30.7 Å². The number of nitrogens with zero attached hydrogens (tertiary/aromatic N) is 1. The zero-order chi connectivity index (χ0) is 15.7. The second-order valence-corrected chi connectivity index (χ2v) is 6.14. The molecule has 1 spiro atoms. The number of ether oxygens (including phenoxy) is 1. The first-order valence-electron chi connectivity index (χ1n) is 7.55. The van der Waals surface area contributed by atoms with Gasteiger partial charge in [-0.25, -0.2) is 9.18 Å². The molecule has 1 aromatic carbocycles. The van der Waals surface area contributed by atoms with Gasteiger partial charge < -0.3 is 19.8 Å². The van der Waals surface area contributed by atoms with E-state index in [4.69, 9.17) is 4.74 Å². The summed E-state index contributed by atoms with van der Waals surface area (Å²) < 4.78 is 19.2. The lowest BCUT2D eigenvalue weighted by atomic mass is 9.72. The van der Waals surface area contributed by atoms with Gasteiger partial charge >= 0.3 is 6.09 Å². The average Bonchev–Trinajstić information content (AvgIpc) is 2.48. The molecule has 3 atom stereocenters. The number of likely N-dealkylation sites (tertiary alicyclic amines) is 1. The maximum atomic E-state index is 13.2. The Hall–Kier alpha value is -1.66. The van der Waals surface area contributed by atoms with Crippen molar-refractivity contribution < 1.29 is 24.1 Å². The number of piperidine rings is 1. The lowest BCUT2D eigenvalue weighted by Crippen LogP contribution is -2.56. The highest BCUT2D eigenvalue weighted by molar-refractivity contribution is 5.65. The van der Waals surface area contributed by atoms with Gasteiger partial charge in [0, 0.05) is 32.0 Å². The summed E-state index contributed by atoms with van der Waals surface area (Å²) in [6.45, 7) is 1.15. The highest BCUT2D eigenvalue weighted by atomic mass is 19.1. The van der Waals surface area contributed by atoms with Gasteiger partial charge in [-0.15, -0.1) is 0 Å². The third kappa shape index (κ3) is 2.80. The number of aliphatic hydroxyl groups is 1. The molecule has 0 aliphatic carbocycles. The molecule has 5 nitrogen and oxygen atoms in total. The van der Waals surface area contributed by atoms with Crippen LogP contribution in [-0.2, 0) is 4.74 Å². The van der Waals surface area contributed by atoms with Gasteiger partial charge in [-0.2, -0.15) is 0 Å². The van der Waals surface area contributed by atoms with E-state index < -0.39 is 17.8 Å². The molecule has 22 heavy (non-hydrogen) atoms. The minimum absolute atomic E-state index is 0.201. The van der Waals surface area contributed by atoms with Crippen molar-refractivity contribution >= 4 is 6.09 Å². The zero-order valence-corrected chi connectivity index (χ0v) is 12.2. The van der Waals surface area contributed by atoms with Crippen molar-refractivity contribution in [3.8, 4) is 0 Å². The number of halogens is 1. The van der Waals surface area contributed by atoms with E-state index in [0.717, 1.165) is 5.56 Å². The number of rotatable bonds is 1. The van der Waals surface area contributed by atoms with Crippen molar-refractivity contribution in [2.75, 3.05) is 19.7 Å². The Morgan fingerprint density at radius 2 is 2.09 bits per heavy atom. The van der Waals surface area contributed by atoms with Crippen molar-refractivity contribution in [1.82, 2.24) is 4.90 Å². The summed E-state index contributed by atoms with van der Waals surface area (Å²) in [7, 11) is 0. The average molecular weight is 309 g/mol. The largest absolute Gasteiger partial charge is 0.465 e. The zero-order valence-electron chi connectivity index (χ0n) is 12.2. The van der Waals surface area contributed by atoms with E-state index in [0.29, 0.717) is 39.0 Å². The fourth-order valence-electron chi connectivity index (χ4n) is 3.63. The summed E-state index contributed by atoms with van der Waals surface area (Å²) in [6, 6.07) is 6.11. The van der Waals surface area contributed by atoms with Crippen LogP contribution < -0.4 is 0 Å². The van der Waals surface area contributed by atoms with E-state index in [1.807, 2.05) is 0 Å². The molecule has 2 saturated heterocycles. The maximum absolute atomic E-state index is 13.2. The van der Waals surface area contributed by atoms with E-state index in [1.165, 1.54) is 17.0 Å². The second kappa shape index (κ2) is 5.85. The number of carboxylic acid groups (broad SMARTS) is 1. The molecule has 0 bridgehead atoms. The molecule has 2 aliphatic rings. The standard InChI is InChI=1S/C16H20FNO4/c17-12-3-1-11(2-4-12)14-10-18(15(20)21)7-6-16(14)9-13(19)5-8-22-16/h1-4,13-14,19H,5-10H2,(H,20,21). The third-order valence-electron chi connectivity index (χ3n) is 4.81. The lowest BCUT2D eigenvalue weighted by Gasteiger charge is -2.50. The van der Waals surface area contributed by atoms with Gasteiger partial charge in [-0.3, -0.25) is 0 Å². The van der Waals surface area contributed by atoms with Crippen LogP contribution in [0.2, 0.25) is 0 Å². The Bertz CT molecular complexity index is 550. The predicted molar refractivity (Wildman–Crippen MR) is 77.3 cm³/mol. The molecule has 2 heterocycles. The summed E-state index contributed by atoms with van der Waals surface area (Å²) >= 11 is 0. The van der Waals surface area contributed by atoms with Crippen molar-refractivity contribution in [3.63, 3.8) is 0 Å². The molecule has 2 fully saturated rings. The summed E-state index contributed by atoms with van der Waals surface area (Å²) in [5.74, 6) is -0.527. The van der Waals surface area contributed by atoms with E-state index >= 15 is 0 Å². The summed E-state index contributed by atoms with van der Waals surface area (Å²) in [4.78, 5) is 12.7.